The van der Waals surface area contributed by atoms with E-state index in [1.165, 1.54) is 6.07 Å². The monoisotopic (exact) mass is 459 g/mol. The Balaban J connectivity index is 1.45. The van der Waals surface area contributed by atoms with Gasteiger partial charge < -0.3 is 20.3 Å². The van der Waals surface area contributed by atoms with Crippen molar-refractivity contribution in [2.24, 2.45) is 17.6 Å². The zero-order chi connectivity index (χ0) is 22.8. The number of hydrogen-bond donors (Lipinski definition) is 1. The number of benzene rings is 2. The van der Waals surface area contributed by atoms with Crippen LogP contribution in [0.2, 0.25) is 5.02 Å². The van der Waals surface area contributed by atoms with Crippen molar-refractivity contribution < 1.29 is 13.9 Å². The number of carbonyl (C=O) groups is 1. The molecule has 32 heavy (non-hydrogen) atoms. The van der Waals surface area contributed by atoms with Gasteiger partial charge in [-0.25, -0.2) is 4.39 Å². The zero-order valence-electron chi connectivity index (χ0n) is 18.6. The van der Waals surface area contributed by atoms with Gasteiger partial charge in [0.05, 0.1) is 17.7 Å². The van der Waals surface area contributed by atoms with Gasteiger partial charge in [0, 0.05) is 43.9 Å². The van der Waals surface area contributed by atoms with Crippen LogP contribution >= 0.6 is 11.6 Å². The Morgan fingerprint density at radius 2 is 1.81 bits per heavy atom. The summed E-state index contributed by atoms with van der Waals surface area (Å²) in [5.74, 6) is -0.160. The molecule has 2 fully saturated rings. The molecular weight excluding hydrogens is 429 g/mol. The highest BCUT2D eigenvalue weighted by Crippen LogP contribution is 2.37. The fraction of sp³-hybridized carbons (Fsp3) is 0.480. The van der Waals surface area contributed by atoms with Gasteiger partial charge in [0.2, 0.25) is 5.91 Å². The van der Waals surface area contributed by atoms with E-state index in [9.17, 15) is 9.18 Å². The van der Waals surface area contributed by atoms with Gasteiger partial charge in [0.15, 0.2) is 0 Å². The van der Waals surface area contributed by atoms with Gasteiger partial charge in [-0.05, 0) is 41.7 Å². The molecule has 3 atom stereocenters. The van der Waals surface area contributed by atoms with Crippen LogP contribution in [0.3, 0.4) is 0 Å². The van der Waals surface area contributed by atoms with E-state index in [4.69, 9.17) is 22.1 Å². The van der Waals surface area contributed by atoms with Crippen LogP contribution in [0.4, 0.5) is 10.1 Å². The Kier molecular flexibility index (Phi) is 7.03. The Morgan fingerprint density at radius 1 is 1.12 bits per heavy atom. The van der Waals surface area contributed by atoms with Crippen molar-refractivity contribution in [1.29, 1.82) is 0 Å². The van der Waals surface area contributed by atoms with Crippen molar-refractivity contribution in [3.63, 3.8) is 0 Å². The third-order valence-electron chi connectivity index (χ3n) is 6.61. The number of para-hydroxylation sites is 1. The van der Waals surface area contributed by atoms with Gasteiger partial charge in [-0.15, -0.1) is 0 Å². The number of piperazine rings is 1. The minimum absolute atomic E-state index is 0.106. The van der Waals surface area contributed by atoms with E-state index < -0.39 is 0 Å². The first-order chi connectivity index (χ1) is 15.4. The molecule has 0 aliphatic carbocycles. The second-order valence-corrected chi connectivity index (χ2v) is 9.43. The molecule has 5 nitrogen and oxygen atoms in total. The van der Waals surface area contributed by atoms with Crippen LogP contribution in [0.15, 0.2) is 42.5 Å². The molecule has 0 spiro atoms. The van der Waals surface area contributed by atoms with Crippen LogP contribution in [-0.2, 0) is 9.53 Å². The minimum Gasteiger partial charge on any atom is -0.373 e. The first-order valence-corrected chi connectivity index (χ1v) is 11.7. The Morgan fingerprint density at radius 3 is 2.47 bits per heavy atom. The number of nitrogens with two attached hydrogens (primary N) is 1. The van der Waals surface area contributed by atoms with Crippen LogP contribution in [0.5, 0.6) is 0 Å². The van der Waals surface area contributed by atoms with Crippen molar-refractivity contribution in [3.05, 3.63) is 64.4 Å². The van der Waals surface area contributed by atoms with Crippen molar-refractivity contribution in [2.75, 3.05) is 37.7 Å². The summed E-state index contributed by atoms with van der Waals surface area (Å²) in [7, 11) is 0. The molecule has 1 amide bonds. The molecular formula is C25H31ClFN3O2. The number of ether oxygens (including phenoxy) is 1. The van der Waals surface area contributed by atoms with Crippen LogP contribution < -0.4 is 10.6 Å². The molecule has 2 aliphatic heterocycles. The highest BCUT2D eigenvalue weighted by atomic mass is 35.5. The molecule has 2 aliphatic rings. The lowest BCUT2D eigenvalue weighted by Crippen LogP contribution is -2.51. The highest BCUT2D eigenvalue weighted by molar-refractivity contribution is 6.30. The quantitative estimate of drug-likeness (QED) is 0.712. The number of hydrogen-bond acceptors (Lipinski definition) is 4. The lowest BCUT2D eigenvalue weighted by Gasteiger charge is -2.39. The fourth-order valence-electron chi connectivity index (χ4n) is 4.70. The topological polar surface area (TPSA) is 58.8 Å². The first kappa shape index (κ1) is 23.0. The van der Waals surface area contributed by atoms with E-state index in [2.05, 4.69) is 0 Å². The average molecular weight is 460 g/mol. The lowest BCUT2D eigenvalue weighted by atomic mass is 9.93. The van der Waals surface area contributed by atoms with Crippen molar-refractivity contribution in [1.82, 2.24) is 4.90 Å². The number of anilines is 1. The highest BCUT2D eigenvalue weighted by Gasteiger charge is 2.38. The van der Waals surface area contributed by atoms with Crippen molar-refractivity contribution in [3.8, 4) is 0 Å². The first-order valence-electron chi connectivity index (χ1n) is 11.3. The van der Waals surface area contributed by atoms with Crippen LogP contribution in [0.1, 0.15) is 43.5 Å². The molecule has 2 heterocycles. The van der Waals surface area contributed by atoms with E-state index >= 15 is 0 Å². The summed E-state index contributed by atoms with van der Waals surface area (Å²) in [5, 5.41) is 0.662. The Bertz CT molecular complexity index is 945. The lowest BCUT2D eigenvalue weighted by molar-refractivity contribution is -0.137. The molecule has 0 aromatic heterocycles. The molecule has 2 saturated heterocycles. The summed E-state index contributed by atoms with van der Waals surface area (Å²) in [5.41, 5.74) is 8.75. The van der Waals surface area contributed by atoms with E-state index in [-0.39, 0.29) is 35.7 Å². The number of amides is 1. The largest absolute Gasteiger partial charge is 0.373 e. The summed E-state index contributed by atoms with van der Waals surface area (Å²) in [6.45, 7) is 6.89. The van der Waals surface area contributed by atoms with Gasteiger partial charge in [0.1, 0.15) is 5.82 Å². The molecule has 172 valence electrons. The van der Waals surface area contributed by atoms with Gasteiger partial charge in [-0.1, -0.05) is 49.7 Å². The predicted molar refractivity (Wildman–Crippen MR) is 125 cm³/mol. The van der Waals surface area contributed by atoms with Gasteiger partial charge >= 0.3 is 0 Å². The summed E-state index contributed by atoms with van der Waals surface area (Å²) in [6.07, 6.45) is 0.451. The number of halogens is 2. The Hall–Kier alpha value is -2.15. The summed E-state index contributed by atoms with van der Waals surface area (Å²) in [6, 6.07) is 12.4. The SMILES string of the molecule is CC(C)[C@H](N)c1cccc(F)c1N1CCN(C(=O)[C@@H]2CCO[C@@H]2c2ccc(Cl)cc2)CC1. The van der Waals surface area contributed by atoms with E-state index in [1.807, 2.05) is 54.0 Å². The van der Waals surface area contributed by atoms with E-state index in [0.717, 1.165) is 11.1 Å². The molecule has 2 N–H and O–H groups in total. The average Bonchev–Trinajstić information content (AvgIpc) is 3.28. The third kappa shape index (κ3) is 4.63. The molecule has 2 aromatic carbocycles. The second kappa shape index (κ2) is 9.77. The van der Waals surface area contributed by atoms with Crippen LogP contribution in [0, 0.1) is 17.7 Å². The standard InChI is InChI=1S/C25H31ClFN3O2/c1-16(2)22(28)19-4-3-5-21(27)23(19)29-11-13-30(14-12-29)25(31)20-10-15-32-24(20)17-6-8-18(26)9-7-17/h3-9,16,20,22,24H,10-15,28H2,1-2H3/t20-,22+,24-/m1/s1. The van der Waals surface area contributed by atoms with Crippen molar-refractivity contribution >= 4 is 23.2 Å². The minimum atomic E-state index is -0.259. The molecule has 7 heteroatoms. The maximum atomic E-state index is 14.8. The van der Waals surface area contributed by atoms with E-state index in [0.29, 0.717) is 49.9 Å². The van der Waals surface area contributed by atoms with Gasteiger partial charge in [-0.3, -0.25) is 4.79 Å². The fourth-order valence-corrected chi connectivity index (χ4v) is 4.83. The van der Waals surface area contributed by atoms with Crippen molar-refractivity contribution in [2.45, 2.75) is 32.4 Å². The maximum Gasteiger partial charge on any atom is 0.228 e. The van der Waals surface area contributed by atoms with E-state index in [1.54, 1.807) is 6.07 Å². The molecule has 0 radical (unpaired) electrons. The molecule has 2 aromatic rings. The number of nitrogens with zero attached hydrogens (tertiary/aromatic N) is 2. The summed E-state index contributed by atoms with van der Waals surface area (Å²) < 4.78 is 20.7. The molecule has 0 unspecified atom stereocenters. The Labute approximate surface area is 194 Å². The summed E-state index contributed by atoms with van der Waals surface area (Å²) >= 11 is 6.01. The third-order valence-corrected chi connectivity index (χ3v) is 6.86. The molecule has 0 bridgehead atoms. The summed E-state index contributed by atoms with van der Waals surface area (Å²) in [4.78, 5) is 17.2. The zero-order valence-corrected chi connectivity index (χ0v) is 19.4. The predicted octanol–water partition coefficient (Wildman–Crippen LogP) is 4.56. The molecule has 4 rings (SSSR count). The number of rotatable bonds is 5. The van der Waals surface area contributed by atoms with Gasteiger partial charge in [-0.2, -0.15) is 0 Å². The number of carbonyl (C=O) groups excluding carboxylic acids is 1. The second-order valence-electron chi connectivity index (χ2n) is 9.00. The van der Waals surface area contributed by atoms with Crippen LogP contribution in [0.25, 0.3) is 0 Å². The van der Waals surface area contributed by atoms with Gasteiger partial charge in [0.25, 0.3) is 0 Å². The normalized spacial score (nSPS) is 22.4. The molecule has 0 saturated carbocycles. The smallest absolute Gasteiger partial charge is 0.228 e. The maximum absolute atomic E-state index is 14.8. The van der Waals surface area contributed by atoms with Crippen LogP contribution in [-0.4, -0.2) is 43.6 Å².